The zero-order valence-electron chi connectivity index (χ0n) is 12.5. The third-order valence-electron chi connectivity index (χ3n) is 2.85. The normalized spacial score (nSPS) is 36.3. The molecule has 106 valence electrons. The van der Waals surface area contributed by atoms with Crippen LogP contribution in [0.25, 0.3) is 0 Å². The van der Waals surface area contributed by atoms with Crippen LogP contribution in [0.3, 0.4) is 0 Å². The molecule has 1 fully saturated rings. The topological polar surface area (TPSA) is 36.9 Å². The van der Waals surface area contributed by atoms with E-state index in [2.05, 4.69) is 40.0 Å². The quantitative estimate of drug-likeness (QED) is 0.744. The van der Waals surface area contributed by atoms with Gasteiger partial charge in [-0.2, -0.15) is 0 Å². The molecule has 1 aliphatic heterocycles. The lowest BCUT2D eigenvalue weighted by atomic mass is 10.6. The fourth-order valence-electron chi connectivity index (χ4n) is 2.46. The monoisotopic (exact) mass is 322 g/mol. The summed E-state index contributed by atoms with van der Waals surface area (Å²) in [5.41, 5.74) is 0. The first-order valence-electron chi connectivity index (χ1n) is 6.75. The van der Waals surface area contributed by atoms with Gasteiger partial charge < -0.3 is 16.5 Å². The molecule has 0 aromatic carbocycles. The lowest BCUT2D eigenvalue weighted by Crippen LogP contribution is -2.59. The Balaban J connectivity index is 2.86. The summed E-state index contributed by atoms with van der Waals surface area (Å²) in [6, 6.07) is 2.06. The Kier molecular flexibility index (Phi) is 6.45. The molecule has 2 radical (unpaired) electrons. The van der Waals surface area contributed by atoms with E-state index >= 15 is 0 Å². The zero-order valence-corrected chi connectivity index (χ0v) is 16.5. The lowest BCUT2D eigenvalue weighted by Gasteiger charge is -2.42. The second kappa shape index (κ2) is 6.93. The molecule has 2 atom stereocenters. The second-order valence-corrected chi connectivity index (χ2v) is 15.9. The molecule has 1 aliphatic rings. The van der Waals surface area contributed by atoms with Crippen LogP contribution >= 0.6 is 0 Å². The minimum absolute atomic E-state index is 1.03. The third kappa shape index (κ3) is 5.00. The van der Waals surface area contributed by atoms with Crippen LogP contribution in [0.4, 0.5) is 0 Å². The molecule has 8 heteroatoms. The van der Waals surface area contributed by atoms with E-state index in [1.807, 2.05) is 0 Å². The molecule has 0 spiro atoms. The summed E-state index contributed by atoms with van der Waals surface area (Å²) in [6.45, 7) is 12.8. The molecule has 0 aromatic rings. The maximum absolute atomic E-state index is 6.49. The van der Waals surface area contributed by atoms with Gasteiger partial charge in [0, 0.05) is 0 Å². The van der Waals surface area contributed by atoms with E-state index in [1.54, 1.807) is 0 Å². The predicted molar refractivity (Wildman–Crippen MR) is 81.0 cm³/mol. The van der Waals surface area contributed by atoms with Gasteiger partial charge in [-0.15, -0.1) is 0 Å². The molecule has 0 aliphatic carbocycles. The molecule has 0 aromatic heterocycles. The SMILES string of the molecule is CCC[Si]1(C)O[Si](C)O[Si](C)O[Si](C)(CCC)O1. The largest absolute Gasteiger partial charge is 0.416 e. The van der Waals surface area contributed by atoms with E-state index < -0.39 is 35.7 Å². The summed E-state index contributed by atoms with van der Waals surface area (Å²) in [5.74, 6) is 0. The molecule has 0 N–H and O–H groups in total. The fourth-order valence-corrected chi connectivity index (χ4v) is 18.2. The minimum atomic E-state index is -2.11. The summed E-state index contributed by atoms with van der Waals surface area (Å²) in [6.07, 6.45) is 2.19. The van der Waals surface area contributed by atoms with Gasteiger partial charge in [-0.3, -0.25) is 0 Å². The summed E-state index contributed by atoms with van der Waals surface area (Å²) >= 11 is 0. The first-order chi connectivity index (χ1) is 8.32. The molecule has 4 nitrogen and oxygen atoms in total. The van der Waals surface area contributed by atoms with Crippen molar-refractivity contribution in [2.24, 2.45) is 0 Å². The average molecular weight is 323 g/mol. The Morgan fingerprint density at radius 1 is 0.833 bits per heavy atom. The predicted octanol–water partition coefficient (Wildman–Crippen LogP) is 3.27. The van der Waals surface area contributed by atoms with E-state index in [-0.39, 0.29) is 0 Å². The molecule has 0 bridgehead atoms. The summed E-state index contributed by atoms with van der Waals surface area (Å²) < 4.78 is 24.8. The van der Waals surface area contributed by atoms with Crippen molar-refractivity contribution in [2.45, 2.75) is 65.0 Å². The van der Waals surface area contributed by atoms with E-state index in [1.165, 1.54) is 0 Å². The van der Waals surface area contributed by atoms with Gasteiger partial charge in [0.2, 0.25) is 0 Å². The van der Waals surface area contributed by atoms with Crippen LogP contribution in [-0.4, -0.2) is 35.7 Å². The van der Waals surface area contributed by atoms with Crippen molar-refractivity contribution in [1.82, 2.24) is 0 Å². The van der Waals surface area contributed by atoms with E-state index in [4.69, 9.17) is 16.5 Å². The van der Waals surface area contributed by atoms with E-state index in [0.717, 1.165) is 24.9 Å². The molecule has 2 unspecified atom stereocenters. The molecule has 0 saturated carbocycles. The van der Waals surface area contributed by atoms with Crippen molar-refractivity contribution in [3.63, 3.8) is 0 Å². The van der Waals surface area contributed by atoms with Crippen molar-refractivity contribution in [3.8, 4) is 0 Å². The number of hydrogen-bond acceptors (Lipinski definition) is 4. The van der Waals surface area contributed by atoms with Gasteiger partial charge >= 0.3 is 35.7 Å². The third-order valence-corrected chi connectivity index (χ3v) is 17.2. The Morgan fingerprint density at radius 3 is 1.56 bits per heavy atom. The van der Waals surface area contributed by atoms with Crippen molar-refractivity contribution >= 4 is 35.7 Å². The highest BCUT2D eigenvalue weighted by molar-refractivity contribution is 6.86. The number of rotatable bonds is 4. The summed E-state index contributed by atoms with van der Waals surface area (Å²) in [4.78, 5) is 0. The van der Waals surface area contributed by atoms with Gasteiger partial charge in [0.1, 0.15) is 0 Å². The van der Waals surface area contributed by atoms with Crippen molar-refractivity contribution < 1.29 is 16.5 Å². The summed E-state index contributed by atoms with van der Waals surface area (Å²) in [7, 11) is -6.65. The van der Waals surface area contributed by atoms with Gasteiger partial charge in [0.05, 0.1) is 0 Å². The smallest absolute Gasteiger partial charge is 0.362 e. The van der Waals surface area contributed by atoms with Crippen LogP contribution in [0.2, 0.25) is 38.3 Å². The first kappa shape index (κ1) is 16.8. The maximum Gasteiger partial charge on any atom is 0.362 e. The highest BCUT2D eigenvalue weighted by Crippen LogP contribution is 2.29. The standard InChI is InChI=1S/C10H26O4Si4/c1-7-9-17(5)12-15(3)11-16(4)13-18(6,14-17)10-8-2/h7-10H2,1-6H3. The molecule has 1 rings (SSSR count). The van der Waals surface area contributed by atoms with Crippen molar-refractivity contribution in [1.29, 1.82) is 0 Å². The molecular weight excluding hydrogens is 296 g/mol. The van der Waals surface area contributed by atoms with Crippen LogP contribution in [-0.2, 0) is 16.5 Å². The van der Waals surface area contributed by atoms with E-state index in [9.17, 15) is 0 Å². The average Bonchev–Trinajstić information content (AvgIpc) is 2.13. The lowest BCUT2D eigenvalue weighted by molar-refractivity contribution is 0.254. The minimum Gasteiger partial charge on any atom is -0.416 e. The number of hydrogen-bond donors (Lipinski definition) is 0. The van der Waals surface area contributed by atoms with Crippen LogP contribution in [0.15, 0.2) is 0 Å². The fraction of sp³-hybridized carbons (Fsp3) is 1.00. The Labute approximate surface area is 117 Å². The first-order valence-corrected chi connectivity index (χ1v) is 15.4. The van der Waals surface area contributed by atoms with Gasteiger partial charge in [-0.25, -0.2) is 0 Å². The van der Waals surface area contributed by atoms with Gasteiger partial charge in [-0.05, 0) is 38.3 Å². The Hall–Kier alpha value is 0.708. The zero-order chi connectivity index (χ0) is 13.8. The van der Waals surface area contributed by atoms with Crippen LogP contribution in [0.1, 0.15) is 26.7 Å². The highest BCUT2D eigenvalue weighted by Gasteiger charge is 2.47. The van der Waals surface area contributed by atoms with Gasteiger partial charge in [0.25, 0.3) is 0 Å². The molecule has 18 heavy (non-hydrogen) atoms. The van der Waals surface area contributed by atoms with Gasteiger partial charge in [0.15, 0.2) is 0 Å². The maximum atomic E-state index is 6.49. The van der Waals surface area contributed by atoms with E-state index in [0.29, 0.717) is 0 Å². The summed E-state index contributed by atoms with van der Waals surface area (Å²) in [5, 5.41) is 0. The van der Waals surface area contributed by atoms with Crippen LogP contribution < -0.4 is 0 Å². The molecule has 1 saturated heterocycles. The Bertz CT molecular complexity index is 246. The van der Waals surface area contributed by atoms with Crippen molar-refractivity contribution in [2.75, 3.05) is 0 Å². The Morgan fingerprint density at radius 2 is 1.22 bits per heavy atom. The van der Waals surface area contributed by atoms with Crippen molar-refractivity contribution in [3.05, 3.63) is 0 Å². The second-order valence-electron chi connectivity index (χ2n) is 5.16. The van der Waals surface area contributed by atoms with Crippen LogP contribution in [0.5, 0.6) is 0 Å². The molecule has 1 heterocycles. The highest BCUT2D eigenvalue weighted by atomic mass is 28.5. The molecular formula is C10H26O4Si4. The van der Waals surface area contributed by atoms with Crippen LogP contribution in [0, 0.1) is 0 Å². The molecule has 0 amide bonds. The van der Waals surface area contributed by atoms with Gasteiger partial charge in [-0.1, -0.05) is 26.7 Å².